The molecule has 1 aliphatic carbocycles. The van der Waals surface area contributed by atoms with E-state index in [1.165, 1.54) is 4.90 Å². The van der Waals surface area contributed by atoms with Crippen LogP contribution in [0.15, 0.2) is 36.4 Å². The van der Waals surface area contributed by atoms with E-state index in [2.05, 4.69) is 5.32 Å². The molecule has 2 amide bonds. The van der Waals surface area contributed by atoms with Crippen LogP contribution >= 0.6 is 23.2 Å². The first-order valence-electron chi connectivity index (χ1n) is 12.0. The molecular weight excluding hydrogens is 521 g/mol. The second-order valence-electron chi connectivity index (χ2n) is 9.45. The van der Waals surface area contributed by atoms with Crippen molar-refractivity contribution >= 4 is 50.7 Å². The summed E-state index contributed by atoms with van der Waals surface area (Å²) in [6, 6.07) is 9.56. The van der Waals surface area contributed by atoms with E-state index in [9.17, 15) is 18.0 Å². The van der Waals surface area contributed by atoms with Gasteiger partial charge in [-0.2, -0.15) is 0 Å². The zero-order chi connectivity index (χ0) is 26.6. The number of benzene rings is 2. The van der Waals surface area contributed by atoms with E-state index >= 15 is 0 Å². The maximum absolute atomic E-state index is 13.7. The van der Waals surface area contributed by atoms with Crippen LogP contribution in [0, 0.1) is 13.8 Å². The highest BCUT2D eigenvalue weighted by molar-refractivity contribution is 7.92. The minimum Gasteiger partial charge on any atom is -0.352 e. The first-order chi connectivity index (χ1) is 16.9. The van der Waals surface area contributed by atoms with Crippen molar-refractivity contribution < 1.29 is 18.0 Å². The predicted octanol–water partition coefficient (Wildman–Crippen LogP) is 4.85. The Hall–Kier alpha value is -2.29. The summed E-state index contributed by atoms with van der Waals surface area (Å²) in [6.07, 6.45) is 4.96. The van der Waals surface area contributed by atoms with Crippen LogP contribution in [0.5, 0.6) is 0 Å². The molecule has 3 rings (SSSR count). The quantitative estimate of drug-likeness (QED) is 0.480. The number of anilines is 1. The van der Waals surface area contributed by atoms with Crippen LogP contribution in [0.4, 0.5) is 5.69 Å². The van der Waals surface area contributed by atoms with Gasteiger partial charge in [-0.1, -0.05) is 59.8 Å². The fourth-order valence-corrected chi connectivity index (χ4v) is 5.93. The van der Waals surface area contributed by atoms with Gasteiger partial charge in [-0.25, -0.2) is 8.42 Å². The monoisotopic (exact) mass is 553 g/mol. The summed E-state index contributed by atoms with van der Waals surface area (Å²) >= 11 is 12.8. The first-order valence-corrected chi connectivity index (χ1v) is 14.6. The molecule has 1 fully saturated rings. The third-order valence-corrected chi connectivity index (χ3v) is 8.39. The lowest BCUT2D eigenvalue weighted by atomic mass is 10.1. The van der Waals surface area contributed by atoms with Gasteiger partial charge in [0.2, 0.25) is 21.8 Å². The Balaban J connectivity index is 1.95. The molecule has 1 N–H and O–H groups in total. The molecule has 2 aromatic rings. The SMILES string of the molecule is Cc1ccc(N(CC(=O)N(Cc2c(Cl)cccc2Cl)[C@@H](C)C(=O)NC2CCCC2)S(C)(=O)=O)c(C)c1. The van der Waals surface area contributed by atoms with Crippen molar-refractivity contribution in [3.63, 3.8) is 0 Å². The van der Waals surface area contributed by atoms with Crippen LogP contribution in [0.3, 0.4) is 0 Å². The number of hydrogen-bond donors (Lipinski definition) is 1. The van der Waals surface area contributed by atoms with Crippen molar-refractivity contribution in [2.45, 2.75) is 65.1 Å². The minimum atomic E-state index is -3.80. The Labute approximate surface area is 223 Å². The molecule has 7 nitrogen and oxygen atoms in total. The second kappa shape index (κ2) is 11.8. The number of amides is 2. The molecule has 0 aromatic heterocycles. The molecule has 0 saturated heterocycles. The highest BCUT2D eigenvalue weighted by Gasteiger charge is 2.32. The summed E-state index contributed by atoms with van der Waals surface area (Å²) < 4.78 is 26.6. The molecule has 2 aromatic carbocycles. The molecule has 196 valence electrons. The smallest absolute Gasteiger partial charge is 0.244 e. The van der Waals surface area contributed by atoms with Gasteiger partial charge in [-0.3, -0.25) is 13.9 Å². The fourth-order valence-electron chi connectivity index (χ4n) is 4.51. The molecule has 1 aliphatic rings. The van der Waals surface area contributed by atoms with E-state index in [1.54, 1.807) is 44.2 Å². The van der Waals surface area contributed by atoms with Crippen LogP contribution in [-0.2, 0) is 26.2 Å². The largest absolute Gasteiger partial charge is 0.352 e. The van der Waals surface area contributed by atoms with Crippen LogP contribution in [0.25, 0.3) is 0 Å². The van der Waals surface area contributed by atoms with Crippen LogP contribution < -0.4 is 9.62 Å². The highest BCUT2D eigenvalue weighted by Crippen LogP contribution is 2.28. The Bertz CT molecular complexity index is 1210. The van der Waals surface area contributed by atoms with Gasteiger partial charge in [0.05, 0.1) is 11.9 Å². The van der Waals surface area contributed by atoms with Crippen molar-refractivity contribution in [3.05, 3.63) is 63.1 Å². The second-order valence-corrected chi connectivity index (χ2v) is 12.2. The fraction of sp³-hybridized carbons (Fsp3) is 0.462. The third kappa shape index (κ3) is 6.93. The zero-order valence-electron chi connectivity index (χ0n) is 21.1. The van der Waals surface area contributed by atoms with Gasteiger partial charge in [0.25, 0.3) is 0 Å². The number of rotatable bonds is 9. The summed E-state index contributed by atoms with van der Waals surface area (Å²) in [5, 5.41) is 3.75. The van der Waals surface area contributed by atoms with Crippen LogP contribution in [-0.4, -0.2) is 50.0 Å². The zero-order valence-corrected chi connectivity index (χ0v) is 23.4. The van der Waals surface area contributed by atoms with Crippen molar-refractivity contribution in [3.8, 4) is 0 Å². The lowest BCUT2D eigenvalue weighted by molar-refractivity contribution is -0.139. The number of aryl methyl sites for hydroxylation is 2. The van der Waals surface area contributed by atoms with Crippen LogP contribution in [0.2, 0.25) is 10.0 Å². The van der Waals surface area contributed by atoms with Gasteiger partial charge in [-0.15, -0.1) is 0 Å². The number of carbonyl (C=O) groups excluding carboxylic acids is 2. The van der Waals surface area contributed by atoms with Crippen molar-refractivity contribution in [1.82, 2.24) is 10.2 Å². The molecule has 0 aliphatic heterocycles. The first kappa shape index (κ1) is 28.3. The average Bonchev–Trinajstić information content (AvgIpc) is 3.29. The number of halogens is 2. The van der Waals surface area contributed by atoms with Gasteiger partial charge in [0.1, 0.15) is 12.6 Å². The van der Waals surface area contributed by atoms with Crippen LogP contribution in [0.1, 0.15) is 49.3 Å². The molecule has 0 unspecified atom stereocenters. The van der Waals surface area contributed by atoms with E-state index in [0.717, 1.165) is 47.4 Å². The maximum Gasteiger partial charge on any atom is 0.244 e. The van der Waals surface area contributed by atoms with Crippen molar-refractivity contribution in [2.24, 2.45) is 0 Å². The number of sulfonamides is 1. The number of carbonyl (C=O) groups is 2. The van der Waals surface area contributed by atoms with E-state index < -0.39 is 28.5 Å². The third-order valence-electron chi connectivity index (χ3n) is 6.56. The van der Waals surface area contributed by atoms with Gasteiger partial charge < -0.3 is 10.2 Å². The molecule has 1 saturated carbocycles. The molecule has 1 atom stereocenters. The highest BCUT2D eigenvalue weighted by atomic mass is 35.5. The minimum absolute atomic E-state index is 0.0406. The average molecular weight is 555 g/mol. The Morgan fingerprint density at radius 1 is 1.08 bits per heavy atom. The molecule has 0 spiro atoms. The number of hydrogen-bond acceptors (Lipinski definition) is 4. The molecule has 36 heavy (non-hydrogen) atoms. The number of nitrogens with one attached hydrogen (secondary N) is 1. The Kier molecular flexibility index (Phi) is 9.30. The summed E-state index contributed by atoms with van der Waals surface area (Å²) in [7, 11) is -3.80. The normalized spacial score (nSPS) is 14.9. The van der Waals surface area contributed by atoms with E-state index in [4.69, 9.17) is 23.2 Å². The van der Waals surface area contributed by atoms with E-state index in [-0.39, 0.29) is 18.5 Å². The summed E-state index contributed by atoms with van der Waals surface area (Å²) in [6.45, 7) is 4.83. The maximum atomic E-state index is 13.7. The van der Waals surface area contributed by atoms with Gasteiger partial charge in [-0.05, 0) is 57.4 Å². The molecule has 10 heteroatoms. The topological polar surface area (TPSA) is 86.8 Å². The Morgan fingerprint density at radius 2 is 1.69 bits per heavy atom. The summed E-state index contributed by atoms with van der Waals surface area (Å²) in [4.78, 5) is 28.2. The molecule has 0 bridgehead atoms. The van der Waals surface area contributed by atoms with Gasteiger partial charge in [0, 0.05) is 28.2 Å². The molecule has 0 radical (unpaired) electrons. The van der Waals surface area contributed by atoms with Crippen molar-refractivity contribution in [2.75, 3.05) is 17.1 Å². The van der Waals surface area contributed by atoms with Gasteiger partial charge in [0.15, 0.2) is 0 Å². The van der Waals surface area contributed by atoms with Crippen molar-refractivity contribution in [1.29, 1.82) is 0 Å². The van der Waals surface area contributed by atoms with E-state index in [1.807, 2.05) is 13.0 Å². The standard InChI is InChI=1S/C26H33Cl2N3O4S/c1-17-12-13-24(18(2)14-17)31(36(4,34)35)16-25(32)30(15-21-22(27)10-7-11-23(21)28)19(3)26(33)29-20-8-5-6-9-20/h7,10-14,19-20H,5-6,8-9,15-16H2,1-4H3,(H,29,33)/t19-/m0/s1. The van der Waals surface area contributed by atoms with E-state index in [0.29, 0.717) is 21.3 Å². The molecule has 0 heterocycles. The lowest BCUT2D eigenvalue weighted by Crippen LogP contribution is -2.52. The molecular formula is C26H33Cl2N3O4S. The lowest BCUT2D eigenvalue weighted by Gasteiger charge is -2.32. The Morgan fingerprint density at radius 3 is 2.25 bits per heavy atom. The summed E-state index contributed by atoms with van der Waals surface area (Å²) in [5.74, 6) is -0.832. The predicted molar refractivity (Wildman–Crippen MR) is 145 cm³/mol. The summed E-state index contributed by atoms with van der Waals surface area (Å²) in [5.41, 5.74) is 2.60. The number of nitrogens with zero attached hydrogens (tertiary/aromatic N) is 2. The van der Waals surface area contributed by atoms with Gasteiger partial charge >= 0.3 is 0 Å².